The third-order valence-corrected chi connectivity index (χ3v) is 3.35. The summed E-state index contributed by atoms with van der Waals surface area (Å²) in [6, 6.07) is 1.86. The average Bonchev–Trinajstić information content (AvgIpc) is 2.40. The summed E-state index contributed by atoms with van der Waals surface area (Å²) in [6.07, 6.45) is 0. The lowest BCUT2D eigenvalue weighted by atomic mass is 10.1. The van der Waals surface area contributed by atoms with Crippen molar-refractivity contribution in [3.8, 4) is 17.0 Å². The summed E-state index contributed by atoms with van der Waals surface area (Å²) in [5.41, 5.74) is 3.72. The van der Waals surface area contributed by atoms with Gasteiger partial charge in [0.1, 0.15) is 5.69 Å². The molecule has 0 spiro atoms. The molecule has 5 nitrogen and oxygen atoms in total. The fourth-order valence-corrected chi connectivity index (χ4v) is 2.34. The Hall–Kier alpha value is -2.12. The van der Waals surface area contributed by atoms with Gasteiger partial charge in [0.2, 0.25) is 0 Å². The van der Waals surface area contributed by atoms with Crippen molar-refractivity contribution >= 4 is 34.9 Å². The molecule has 9 heteroatoms. The number of aromatic nitrogens is 1. The van der Waals surface area contributed by atoms with Gasteiger partial charge in [-0.15, -0.1) is 0 Å². The molecule has 0 aliphatic carbocycles. The van der Waals surface area contributed by atoms with Crippen molar-refractivity contribution in [1.29, 1.82) is 0 Å². The van der Waals surface area contributed by atoms with E-state index in [9.17, 15) is 13.6 Å². The summed E-state index contributed by atoms with van der Waals surface area (Å²) in [5.74, 6) is -3.95. The number of pyridine rings is 1. The van der Waals surface area contributed by atoms with E-state index in [4.69, 9.17) is 38.8 Å². The Morgan fingerprint density at radius 1 is 1.32 bits per heavy atom. The molecule has 1 heterocycles. The average molecular weight is 349 g/mol. The second-order valence-corrected chi connectivity index (χ2v) is 4.94. The first-order valence-corrected chi connectivity index (χ1v) is 6.44. The number of hydrogen-bond donors (Lipinski definition) is 2. The molecule has 3 N–H and O–H groups in total. The highest BCUT2D eigenvalue weighted by Crippen LogP contribution is 2.40. The van der Waals surface area contributed by atoms with E-state index in [-0.39, 0.29) is 16.5 Å². The Labute approximate surface area is 133 Å². The van der Waals surface area contributed by atoms with E-state index in [1.54, 1.807) is 0 Å². The normalized spacial score (nSPS) is 10.6. The molecule has 0 radical (unpaired) electrons. The molecular formula is C13H8Cl2F2N2O3. The van der Waals surface area contributed by atoms with Crippen LogP contribution in [0.4, 0.5) is 14.5 Å². The standard InChI is InChI=1S/C13H8Cl2F2N2O3/c1-22-12-5(15)3-7(18)8(9(12)17)11-6(16)2-4(14)10(19-11)13(20)21/h2-3H,18H2,1H3,(H,20,21). The Morgan fingerprint density at radius 2 is 1.95 bits per heavy atom. The second kappa shape index (κ2) is 5.94. The van der Waals surface area contributed by atoms with E-state index in [0.717, 1.165) is 6.07 Å². The molecule has 0 saturated heterocycles. The first-order valence-electron chi connectivity index (χ1n) is 5.69. The molecule has 22 heavy (non-hydrogen) atoms. The Kier molecular flexibility index (Phi) is 4.39. The fourth-order valence-electron chi connectivity index (χ4n) is 1.84. The summed E-state index contributed by atoms with van der Waals surface area (Å²) < 4.78 is 33.2. The van der Waals surface area contributed by atoms with Gasteiger partial charge in [0, 0.05) is 5.69 Å². The van der Waals surface area contributed by atoms with Crippen LogP contribution in [-0.4, -0.2) is 23.2 Å². The number of carbonyl (C=O) groups is 1. The molecule has 0 atom stereocenters. The number of carboxylic acids is 1. The molecule has 1 aromatic carbocycles. The van der Waals surface area contributed by atoms with Crippen molar-refractivity contribution in [3.05, 3.63) is 39.5 Å². The lowest BCUT2D eigenvalue weighted by molar-refractivity contribution is 0.0690. The van der Waals surface area contributed by atoms with Crippen molar-refractivity contribution < 1.29 is 23.4 Å². The van der Waals surface area contributed by atoms with Gasteiger partial charge in [-0.3, -0.25) is 0 Å². The van der Waals surface area contributed by atoms with Crippen LogP contribution in [0.5, 0.6) is 5.75 Å². The maximum Gasteiger partial charge on any atom is 0.356 e. The second-order valence-electron chi connectivity index (χ2n) is 4.12. The highest BCUT2D eigenvalue weighted by atomic mass is 35.5. The number of benzene rings is 1. The first kappa shape index (κ1) is 16.3. The summed E-state index contributed by atoms with van der Waals surface area (Å²) >= 11 is 11.4. The fraction of sp³-hybridized carbons (Fsp3) is 0.0769. The van der Waals surface area contributed by atoms with E-state index < -0.39 is 39.6 Å². The molecule has 0 bridgehead atoms. The molecule has 2 aromatic rings. The van der Waals surface area contributed by atoms with Gasteiger partial charge in [-0.25, -0.2) is 18.6 Å². The van der Waals surface area contributed by atoms with Crippen LogP contribution < -0.4 is 10.5 Å². The lowest BCUT2D eigenvalue weighted by Gasteiger charge is -2.13. The van der Waals surface area contributed by atoms with Gasteiger partial charge >= 0.3 is 5.97 Å². The van der Waals surface area contributed by atoms with Crippen molar-refractivity contribution in [3.63, 3.8) is 0 Å². The monoisotopic (exact) mass is 348 g/mol. The van der Waals surface area contributed by atoms with Crippen molar-refractivity contribution in [2.24, 2.45) is 0 Å². The third-order valence-electron chi connectivity index (χ3n) is 2.78. The van der Waals surface area contributed by atoms with Crippen LogP contribution in [0.2, 0.25) is 10.0 Å². The van der Waals surface area contributed by atoms with Crippen molar-refractivity contribution in [2.45, 2.75) is 0 Å². The Balaban J connectivity index is 2.82. The zero-order chi connectivity index (χ0) is 16.6. The molecule has 0 saturated carbocycles. The van der Waals surface area contributed by atoms with Crippen LogP contribution in [0, 0.1) is 11.6 Å². The number of nitrogen functional groups attached to an aromatic ring is 1. The van der Waals surface area contributed by atoms with Gasteiger partial charge in [-0.2, -0.15) is 0 Å². The van der Waals surface area contributed by atoms with Crippen LogP contribution in [0.25, 0.3) is 11.3 Å². The highest BCUT2D eigenvalue weighted by Gasteiger charge is 2.24. The third kappa shape index (κ3) is 2.65. The first-order chi connectivity index (χ1) is 10.3. The zero-order valence-electron chi connectivity index (χ0n) is 11.0. The number of rotatable bonds is 3. The van der Waals surface area contributed by atoms with E-state index in [0.29, 0.717) is 6.07 Å². The molecule has 0 unspecified atom stereocenters. The van der Waals surface area contributed by atoms with E-state index >= 15 is 0 Å². The maximum atomic E-state index is 14.4. The molecule has 0 fully saturated rings. The number of ether oxygens (including phenoxy) is 1. The molecular weight excluding hydrogens is 341 g/mol. The smallest absolute Gasteiger partial charge is 0.356 e. The van der Waals surface area contributed by atoms with Crippen molar-refractivity contribution in [2.75, 3.05) is 12.8 Å². The lowest BCUT2D eigenvalue weighted by Crippen LogP contribution is -2.07. The van der Waals surface area contributed by atoms with Crippen molar-refractivity contribution in [1.82, 2.24) is 4.98 Å². The van der Waals surface area contributed by atoms with Gasteiger partial charge in [-0.05, 0) is 12.1 Å². The molecule has 116 valence electrons. The Morgan fingerprint density at radius 3 is 2.50 bits per heavy atom. The maximum absolute atomic E-state index is 14.4. The van der Waals surface area contributed by atoms with E-state index in [1.807, 2.05) is 0 Å². The largest absolute Gasteiger partial charge is 0.492 e. The number of halogens is 4. The van der Waals surface area contributed by atoms with Crippen LogP contribution in [0.3, 0.4) is 0 Å². The molecule has 0 aliphatic heterocycles. The minimum absolute atomic E-state index is 0.117. The van der Waals surface area contributed by atoms with Crippen LogP contribution in [-0.2, 0) is 0 Å². The number of methoxy groups -OCH3 is 1. The van der Waals surface area contributed by atoms with Gasteiger partial charge < -0.3 is 15.6 Å². The SMILES string of the molecule is COc1c(Cl)cc(N)c(-c2nc(C(=O)O)c(Cl)cc2F)c1F. The zero-order valence-corrected chi connectivity index (χ0v) is 12.5. The summed E-state index contributed by atoms with van der Waals surface area (Å²) in [4.78, 5) is 14.6. The van der Waals surface area contributed by atoms with E-state index in [1.165, 1.54) is 7.11 Å². The molecule has 1 aromatic heterocycles. The molecule has 2 rings (SSSR count). The minimum Gasteiger partial charge on any atom is -0.492 e. The number of hydrogen-bond acceptors (Lipinski definition) is 4. The molecule has 0 amide bonds. The summed E-state index contributed by atoms with van der Waals surface area (Å²) in [7, 11) is 1.17. The summed E-state index contributed by atoms with van der Waals surface area (Å²) in [6.45, 7) is 0. The number of anilines is 1. The number of aromatic carboxylic acids is 1. The topological polar surface area (TPSA) is 85.4 Å². The predicted molar refractivity (Wildman–Crippen MR) is 77.5 cm³/mol. The summed E-state index contributed by atoms with van der Waals surface area (Å²) in [5, 5.41) is 8.43. The van der Waals surface area contributed by atoms with Gasteiger partial charge in [0.05, 0.1) is 22.7 Å². The minimum atomic E-state index is -1.49. The highest BCUT2D eigenvalue weighted by molar-refractivity contribution is 6.33. The van der Waals surface area contributed by atoms with Crippen LogP contribution in [0.1, 0.15) is 10.5 Å². The quantitative estimate of drug-likeness (QED) is 0.827. The predicted octanol–water partition coefficient (Wildman–Crippen LogP) is 3.62. The van der Waals surface area contributed by atoms with Crippen LogP contribution >= 0.6 is 23.2 Å². The number of carboxylic acid groups (broad SMARTS) is 1. The van der Waals surface area contributed by atoms with Gasteiger partial charge in [-0.1, -0.05) is 23.2 Å². The van der Waals surface area contributed by atoms with Gasteiger partial charge in [0.25, 0.3) is 0 Å². The molecule has 0 aliphatic rings. The number of nitrogens with zero attached hydrogens (tertiary/aromatic N) is 1. The Bertz CT molecular complexity index is 785. The van der Waals surface area contributed by atoms with E-state index in [2.05, 4.69) is 4.98 Å². The van der Waals surface area contributed by atoms with Crippen LogP contribution in [0.15, 0.2) is 12.1 Å². The number of nitrogens with two attached hydrogens (primary N) is 1. The van der Waals surface area contributed by atoms with Gasteiger partial charge in [0.15, 0.2) is 23.1 Å².